The number of phenols is 1. The molecule has 1 aliphatic rings. The van der Waals surface area contributed by atoms with Gasteiger partial charge in [-0.1, -0.05) is 12.1 Å². The largest absolute Gasteiger partial charge is 0.508 e. The Balaban J connectivity index is 1.53. The van der Waals surface area contributed by atoms with E-state index < -0.39 is 0 Å². The summed E-state index contributed by atoms with van der Waals surface area (Å²) in [5, 5.41) is 27.5. The van der Waals surface area contributed by atoms with E-state index >= 15 is 0 Å². The lowest BCUT2D eigenvalue weighted by molar-refractivity contribution is 0.475. The summed E-state index contributed by atoms with van der Waals surface area (Å²) in [7, 11) is 0. The predicted octanol–water partition coefficient (Wildman–Crippen LogP) is 4.86. The fourth-order valence-electron chi connectivity index (χ4n) is 4.08. The highest BCUT2D eigenvalue weighted by Gasteiger charge is 2.16. The van der Waals surface area contributed by atoms with Crippen LogP contribution in [0, 0.1) is 11.3 Å². The lowest BCUT2D eigenvalue weighted by atomic mass is 10.0. The monoisotopic (exact) mass is 395 g/mol. The Morgan fingerprint density at radius 2 is 1.63 bits per heavy atom. The van der Waals surface area contributed by atoms with Crippen molar-refractivity contribution in [1.29, 1.82) is 5.26 Å². The van der Waals surface area contributed by atoms with Gasteiger partial charge in [-0.3, -0.25) is 5.10 Å². The van der Waals surface area contributed by atoms with Crippen LogP contribution in [0.5, 0.6) is 5.75 Å². The van der Waals surface area contributed by atoms with Crippen LogP contribution >= 0.6 is 0 Å². The Labute approximate surface area is 174 Å². The number of hydrogen-bond donors (Lipinski definition) is 2. The number of phenolic OH excluding ortho intramolecular Hbond substituents is 1. The molecule has 2 aromatic carbocycles. The molecule has 5 rings (SSSR count). The van der Waals surface area contributed by atoms with Gasteiger partial charge in [-0.05, 0) is 61.7 Å². The first-order chi connectivity index (χ1) is 14.7. The van der Waals surface area contributed by atoms with E-state index in [2.05, 4.69) is 50.4 Å². The molecule has 6 heteroatoms. The van der Waals surface area contributed by atoms with Crippen LogP contribution in [0.2, 0.25) is 0 Å². The number of nitriles is 1. The highest BCUT2D eigenvalue weighted by Crippen LogP contribution is 2.32. The average Bonchev–Trinajstić information content (AvgIpc) is 3.22. The van der Waals surface area contributed by atoms with Gasteiger partial charge in [-0.15, -0.1) is 0 Å². The van der Waals surface area contributed by atoms with Gasteiger partial charge >= 0.3 is 0 Å². The number of piperidine rings is 1. The predicted molar refractivity (Wildman–Crippen MR) is 117 cm³/mol. The number of anilines is 1. The summed E-state index contributed by atoms with van der Waals surface area (Å²) in [4.78, 5) is 7.06. The number of rotatable bonds is 3. The maximum absolute atomic E-state index is 9.70. The van der Waals surface area contributed by atoms with Gasteiger partial charge in [0.25, 0.3) is 0 Å². The second-order valence-corrected chi connectivity index (χ2v) is 7.61. The van der Waals surface area contributed by atoms with Crippen LogP contribution in [0.1, 0.15) is 24.8 Å². The maximum atomic E-state index is 9.70. The fourth-order valence-corrected chi connectivity index (χ4v) is 4.08. The van der Waals surface area contributed by atoms with E-state index in [1.165, 1.54) is 24.9 Å². The molecule has 1 fully saturated rings. The van der Waals surface area contributed by atoms with E-state index in [0.29, 0.717) is 16.9 Å². The van der Waals surface area contributed by atoms with E-state index in [-0.39, 0.29) is 5.75 Å². The number of nitrogens with one attached hydrogen (secondary N) is 1. The SMILES string of the molecule is N#Cc1cc2c(-c3ccc(N4CCCCC4)cc3)[nH]nc2nc1-c1ccc(O)cc1. The molecule has 0 unspecified atom stereocenters. The first-order valence-electron chi connectivity index (χ1n) is 10.2. The zero-order chi connectivity index (χ0) is 20.5. The normalized spacial score (nSPS) is 14.0. The average molecular weight is 395 g/mol. The van der Waals surface area contributed by atoms with Crippen LogP contribution in [0.25, 0.3) is 33.5 Å². The van der Waals surface area contributed by atoms with E-state index in [0.717, 1.165) is 35.3 Å². The summed E-state index contributed by atoms with van der Waals surface area (Å²) >= 11 is 0. The summed E-state index contributed by atoms with van der Waals surface area (Å²) in [5.41, 5.74) is 5.48. The number of fused-ring (bicyclic) bond motifs is 1. The Hall–Kier alpha value is -3.85. The highest BCUT2D eigenvalue weighted by atomic mass is 16.3. The molecule has 4 aromatic rings. The summed E-state index contributed by atoms with van der Waals surface area (Å²) < 4.78 is 0. The molecule has 1 saturated heterocycles. The number of nitrogens with zero attached hydrogens (tertiary/aromatic N) is 4. The molecular formula is C24H21N5O. The van der Waals surface area contributed by atoms with Crippen LogP contribution < -0.4 is 4.90 Å². The van der Waals surface area contributed by atoms with Crippen molar-refractivity contribution in [3.8, 4) is 34.3 Å². The molecule has 148 valence electrons. The van der Waals surface area contributed by atoms with Gasteiger partial charge in [0.1, 0.15) is 11.8 Å². The van der Waals surface area contributed by atoms with E-state index in [1.54, 1.807) is 24.3 Å². The van der Waals surface area contributed by atoms with Crippen molar-refractivity contribution in [1.82, 2.24) is 15.2 Å². The highest BCUT2D eigenvalue weighted by molar-refractivity contribution is 5.93. The summed E-state index contributed by atoms with van der Waals surface area (Å²) in [5.74, 6) is 0.174. The van der Waals surface area contributed by atoms with Gasteiger partial charge in [0.05, 0.1) is 17.0 Å². The number of aromatic hydroxyl groups is 1. The number of H-pyrrole nitrogens is 1. The molecule has 0 aliphatic carbocycles. The molecule has 3 heterocycles. The minimum atomic E-state index is 0.174. The minimum absolute atomic E-state index is 0.174. The molecule has 30 heavy (non-hydrogen) atoms. The zero-order valence-corrected chi connectivity index (χ0v) is 16.5. The molecule has 1 aliphatic heterocycles. The van der Waals surface area contributed by atoms with Gasteiger partial charge in [-0.2, -0.15) is 10.4 Å². The van der Waals surface area contributed by atoms with Crippen LogP contribution in [0.4, 0.5) is 5.69 Å². The number of pyridine rings is 1. The van der Waals surface area contributed by atoms with Gasteiger partial charge in [0, 0.05) is 35.3 Å². The minimum Gasteiger partial charge on any atom is -0.508 e. The lowest BCUT2D eigenvalue weighted by Gasteiger charge is -2.28. The molecule has 0 atom stereocenters. The van der Waals surface area contributed by atoms with Crippen LogP contribution in [0.3, 0.4) is 0 Å². The van der Waals surface area contributed by atoms with Crippen molar-refractivity contribution in [2.45, 2.75) is 19.3 Å². The van der Waals surface area contributed by atoms with Crippen molar-refractivity contribution >= 4 is 16.7 Å². The fraction of sp³-hybridized carbons (Fsp3) is 0.208. The Morgan fingerprint density at radius 1 is 0.933 bits per heavy atom. The second-order valence-electron chi connectivity index (χ2n) is 7.61. The molecular weight excluding hydrogens is 374 g/mol. The van der Waals surface area contributed by atoms with Crippen molar-refractivity contribution in [2.75, 3.05) is 18.0 Å². The lowest BCUT2D eigenvalue weighted by Crippen LogP contribution is -2.29. The third-order valence-corrected chi connectivity index (χ3v) is 5.68. The van der Waals surface area contributed by atoms with Crippen LogP contribution in [0.15, 0.2) is 54.6 Å². The molecule has 0 spiro atoms. The summed E-state index contributed by atoms with van der Waals surface area (Å²) in [6.07, 6.45) is 3.81. The van der Waals surface area contributed by atoms with E-state index in [1.807, 2.05) is 6.07 Å². The third-order valence-electron chi connectivity index (χ3n) is 5.68. The molecule has 0 bridgehead atoms. The topological polar surface area (TPSA) is 88.8 Å². The first kappa shape index (κ1) is 18.2. The summed E-state index contributed by atoms with van der Waals surface area (Å²) in [6.45, 7) is 2.23. The standard InChI is InChI=1S/C24H21N5O/c25-15-18-14-21-23(17-4-8-19(9-5-17)29-12-2-1-3-13-29)27-28-24(21)26-22(18)16-6-10-20(30)11-7-16/h4-11,14,30H,1-3,12-13H2,(H,26,27,28). The quantitative estimate of drug-likeness (QED) is 0.517. The zero-order valence-electron chi connectivity index (χ0n) is 16.5. The van der Waals surface area contributed by atoms with Crippen molar-refractivity contribution in [3.63, 3.8) is 0 Å². The smallest absolute Gasteiger partial charge is 0.182 e. The maximum Gasteiger partial charge on any atom is 0.182 e. The van der Waals surface area contributed by atoms with Gasteiger partial charge in [-0.25, -0.2) is 4.98 Å². The molecule has 2 N–H and O–H groups in total. The number of benzene rings is 2. The molecule has 0 saturated carbocycles. The first-order valence-corrected chi connectivity index (χ1v) is 10.2. The molecule has 2 aromatic heterocycles. The van der Waals surface area contributed by atoms with Crippen LogP contribution in [-0.2, 0) is 0 Å². The van der Waals surface area contributed by atoms with E-state index in [9.17, 15) is 10.4 Å². The van der Waals surface area contributed by atoms with Crippen molar-refractivity contribution in [3.05, 3.63) is 60.2 Å². The van der Waals surface area contributed by atoms with Gasteiger partial charge < -0.3 is 10.0 Å². The van der Waals surface area contributed by atoms with E-state index in [4.69, 9.17) is 0 Å². The third kappa shape index (κ3) is 3.25. The molecule has 6 nitrogen and oxygen atoms in total. The Bertz CT molecular complexity index is 1230. The Kier molecular flexibility index (Phi) is 4.56. The van der Waals surface area contributed by atoms with Gasteiger partial charge in [0.15, 0.2) is 5.65 Å². The Morgan fingerprint density at radius 3 is 2.33 bits per heavy atom. The van der Waals surface area contributed by atoms with Crippen molar-refractivity contribution < 1.29 is 5.11 Å². The number of hydrogen-bond acceptors (Lipinski definition) is 5. The molecule has 0 radical (unpaired) electrons. The van der Waals surface area contributed by atoms with Crippen LogP contribution in [-0.4, -0.2) is 33.4 Å². The second kappa shape index (κ2) is 7.53. The molecule has 0 amide bonds. The summed E-state index contributed by atoms with van der Waals surface area (Å²) in [6, 6.07) is 19.2. The number of aromatic amines is 1. The number of aromatic nitrogens is 3. The van der Waals surface area contributed by atoms with Crippen molar-refractivity contribution in [2.24, 2.45) is 0 Å². The van der Waals surface area contributed by atoms with Gasteiger partial charge in [0.2, 0.25) is 0 Å².